The van der Waals surface area contributed by atoms with Gasteiger partial charge in [-0.2, -0.15) is 0 Å². The van der Waals surface area contributed by atoms with E-state index in [9.17, 15) is 5.11 Å². The molecule has 1 aromatic carbocycles. The molecule has 0 spiro atoms. The summed E-state index contributed by atoms with van der Waals surface area (Å²) in [6, 6.07) is 5.59. The van der Waals surface area contributed by atoms with E-state index in [-0.39, 0.29) is 5.75 Å². The minimum Gasteiger partial charge on any atom is -0.504 e. The summed E-state index contributed by atoms with van der Waals surface area (Å²) in [4.78, 5) is 4.33. The fourth-order valence-corrected chi connectivity index (χ4v) is 1.87. The molecule has 0 saturated carbocycles. The van der Waals surface area contributed by atoms with Gasteiger partial charge in [0.1, 0.15) is 5.82 Å². The van der Waals surface area contributed by atoms with Gasteiger partial charge >= 0.3 is 0 Å². The van der Waals surface area contributed by atoms with Gasteiger partial charge in [0.2, 0.25) is 0 Å². The van der Waals surface area contributed by atoms with Crippen molar-refractivity contribution >= 4 is 11.5 Å². The second kappa shape index (κ2) is 5.18. The van der Waals surface area contributed by atoms with Gasteiger partial charge in [-0.25, -0.2) is 4.98 Å². The first-order valence-corrected chi connectivity index (χ1v) is 6.09. The van der Waals surface area contributed by atoms with Gasteiger partial charge in [-0.1, -0.05) is 0 Å². The molecule has 0 fully saturated rings. The number of hydrogen-bond acceptors (Lipinski definition) is 4. The number of ether oxygens (including phenoxy) is 1. The number of anilines is 2. The first-order valence-electron chi connectivity index (χ1n) is 6.09. The zero-order valence-corrected chi connectivity index (χ0v) is 11.6. The zero-order chi connectivity index (χ0) is 14.0. The van der Waals surface area contributed by atoms with Crippen LogP contribution in [0.5, 0.6) is 11.5 Å². The van der Waals surface area contributed by atoms with Gasteiger partial charge in [-0.3, -0.25) is 0 Å². The number of methoxy groups -OCH3 is 1. The van der Waals surface area contributed by atoms with Crippen LogP contribution in [0.2, 0.25) is 0 Å². The molecule has 0 saturated heterocycles. The molecule has 0 amide bonds. The molecule has 0 atom stereocenters. The molecule has 0 unspecified atom stereocenters. The molecule has 2 N–H and O–H groups in total. The molecule has 0 radical (unpaired) electrons. The molecular formula is C15H18N2O2. The summed E-state index contributed by atoms with van der Waals surface area (Å²) in [7, 11) is 1.54. The highest BCUT2D eigenvalue weighted by atomic mass is 16.5. The van der Waals surface area contributed by atoms with Crippen LogP contribution in [0.3, 0.4) is 0 Å². The van der Waals surface area contributed by atoms with E-state index in [2.05, 4.69) is 10.3 Å². The lowest BCUT2D eigenvalue weighted by molar-refractivity contribution is 0.372. The number of nitrogens with one attached hydrogen (secondary N) is 1. The monoisotopic (exact) mass is 258 g/mol. The summed E-state index contributed by atoms with van der Waals surface area (Å²) in [5.41, 5.74) is 3.88. The minimum atomic E-state index is 0.168. The van der Waals surface area contributed by atoms with E-state index >= 15 is 0 Å². The first-order chi connectivity index (χ1) is 9.02. The Morgan fingerprint density at radius 2 is 1.89 bits per heavy atom. The molecule has 19 heavy (non-hydrogen) atoms. The van der Waals surface area contributed by atoms with Gasteiger partial charge in [0, 0.05) is 18.0 Å². The Balaban J connectivity index is 2.38. The number of phenols is 1. The highest BCUT2D eigenvalue weighted by Crippen LogP contribution is 2.34. The largest absolute Gasteiger partial charge is 0.504 e. The van der Waals surface area contributed by atoms with Crippen LogP contribution in [0.25, 0.3) is 0 Å². The van der Waals surface area contributed by atoms with E-state index in [1.165, 1.54) is 12.7 Å². The second-order valence-corrected chi connectivity index (χ2v) is 4.57. The number of nitrogens with zero attached hydrogens (tertiary/aromatic N) is 1. The average Bonchev–Trinajstić information content (AvgIpc) is 2.39. The molecule has 1 heterocycles. The number of rotatable bonds is 3. The standard InChI is InChI=1S/C15H18N2O2/c1-9-5-6-16-15(11(9)3)17-12-7-10(2)14(18)13(8-12)19-4/h5-8,18H,1-4H3,(H,16,17). The van der Waals surface area contributed by atoms with Crippen LogP contribution in [0.1, 0.15) is 16.7 Å². The van der Waals surface area contributed by atoms with E-state index in [4.69, 9.17) is 4.74 Å². The number of phenolic OH excluding ortho intramolecular Hbond substituents is 1. The van der Waals surface area contributed by atoms with Crippen molar-refractivity contribution in [2.24, 2.45) is 0 Å². The smallest absolute Gasteiger partial charge is 0.162 e. The number of aryl methyl sites for hydroxylation is 2. The van der Waals surface area contributed by atoms with E-state index < -0.39 is 0 Å². The summed E-state index contributed by atoms with van der Waals surface area (Å²) in [6.07, 6.45) is 1.77. The number of aromatic nitrogens is 1. The Morgan fingerprint density at radius 3 is 2.58 bits per heavy atom. The number of pyridine rings is 1. The lowest BCUT2D eigenvalue weighted by atomic mass is 10.1. The Hall–Kier alpha value is -2.23. The summed E-state index contributed by atoms with van der Waals surface area (Å²) < 4.78 is 5.15. The van der Waals surface area contributed by atoms with Crippen LogP contribution in [-0.4, -0.2) is 17.2 Å². The van der Waals surface area contributed by atoms with Crippen LogP contribution in [0.4, 0.5) is 11.5 Å². The molecular weight excluding hydrogens is 240 g/mol. The maximum absolute atomic E-state index is 9.82. The lowest BCUT2D eigenvalue weighted by Gasteiger charge is -2.13. The molecule has 2 rings (SSSR count). The van der Waals surface area contributed by atoms with Crippen molar-refractivity contribution in [3.63, 3.8) is 0 Å². The third-order valence-corrected chi connectivity index (χ3v) is 3.22. The highest BCUT2D eigenvalue weighted by Gasteiger charge is 2.09. The van der Waals surface area contributed by atoms with Crippen molar-refractivity contribution in [2.45, 2.75) is 20.8 Å². The third kappa shape index (κ3) is 2.62. The molecule has 0 aliphatic carbocycles. The second-order valence-electron chi connectivity index (χ2n) is 4.57. The average molecular weight is 258 g/mol. The van der Waals surface area contributed by atoms with Crippen molar-refractivity contribution < 1.29 is 9.84 Å². The first kappa shape index (κ1) is 13.2. The lowest BCUT2D eigenvalue weighted by Crippen LogP contribution is -1.99. The van der Waals surface area contributed by atoms with Gasteiger partial charge in [-0.05, 0) is 49.6 Å². The predicted molar refractivity (Wildman–Crippen MR) is 76.4 cm³/mol. The maximum Gasteiger partial charge on any atom is 0.162 e. The van der Waals surface area contributed by atoms with Crippen molar-refractivity contribution in [1.29, 1.82) is 0 Å². The van der Waals surface area contributed by atoms with Crippen molar-refractivity contribution in [2.75, 3.05) is 12.4 Å². The van der Waals surface area contributed by atoms with Crippen LogP contribution in [0, 0.1) is 20.8 Å². The topological polar surface area (TPSA) is 54.4 Å². The maximum atomic E-state index is 9.82. The molecule has 0 aliphatic rings. The molecule has 0 aliphatic heterocycles. The summed E-state index contributed by atoms with van der Waals surface area (Å²) in [5, 5.41) is 13.1. The highest BCUT2D eigenvalue weighted by molar-refractivity contribution is 5.65. The minimum absolute atomic E-state index is 0.168. The fraction of sp³-hybridized carbons (Fsp3) is 0.267. The van der Waals surface area contributed by atoms with Gasteiger partial charge in [0.25, 0.3) is 0 Å². The Morgan fingerprint density at radius 1 is 1.16 bits per heavy atom. The van der Waals surface area contributed by atoms with Crippen molar-refractivity contribution in [1.82, 2.24) is 4.98 Å². The summed E-state index contributed by atoms with van der Waals surface area (Å²) >= 11 is 0. The van der Waals surface area contributed by atoms with Crippen LogP contribution >= 0.6 is 0 Å². The number of aromatic hydroxyl groups is 1. The SMILES string of the molecule is COc1cc(Nc2nccc(C)c2C)cc(C)c1O. The van der Waals surface area contributed by atoms with Crippen LogP contribution < -0.4 is 10.1 Å². The normalized spacial score (nSPS) is 10.3. The Bertz CT molecular complexity index is 609. The predicted octanol–water partition coefficient (Wildman–Crippen LogP) is 3.46. The summed E-state index contributed by atoms with van der Waals surface area (Å²) in [6.45, 7) is 5.90. The molecule has 100 valence electrons. The van der Waals surface area contributed by atoms with Crippen molar-refractivity contribution in [3.05, 3.63) is 41.1 Å². The molecule has 1 aromatic heterocycles. The molecule has 4 nitrogen and oxygen atoms in total. The third-order valence-electron chi connectivity index (χ3n) is 3.22. The van der Waals surface area contributed by atoms with Crippen LogP contribution in [0.15, 0.2) is 24.4 Å². The van der Waals surface area contributed by atoms with Gasteiger partial charge in [0.15, 0.2) is 11.5 Å². The van der Waals surface area contributed by atoms with E-state index in [0.29, 0.717) is 5.75 Å². The Labute approximate surface area is 113 Å². The van der Waals surface area contributed by atoms with Gasteiger partial charge in [-0.15, -0.1) is 0 Å². The number of benzene rings is 1. The fourth-order valence-electron chi connectivity index (χ4n) is 1.87. The van der Waals surface area contributed by atoms with E-state index in [1.54, 1.807) is 12.3 Å². The van der Waals surface area contributed by atoms with Crippen LogP contribution in [-0.2, 0) is 0 Å². The summed E-state index contributed by atoms with van der Waals surface area (Å²) in [5.74, 6) is 1.43. The van der Waals surface area contributed by atoms with Gasteiger partial charge in [0.05, 0.1) is 7.11 Å². The number of hydrogen-bond donors (Lipinski definition) is 2. The van der Waals surface area contributed by atoms with E-state index in [0.717, 1.165) is 22.6 Å². The molecule has 0 bridgehead atoms. The van der Waals surface area contributed by atoms with Crippen molar-refractivity contribution in [3.8, 4) is 11.5 Å². The molecule has 2 aromatic rings. The molecule has 4 heteroatoms. The quantitative estimate of drug-likeness (QED) is 0.828. The Kier molecular flexibility index (Phi) is 3.60. The zero-order valence-electron chi connectivity index (χ0n) is 11.6. The van der Waals surface area contributed by atoms with E-state index in [1.807, 2.05) is 32.9 Å². The van der Waals surface area contributed by atoms with Gasteiger partial charge < -0.3 is 15.2 Å².